The average Bonchev–Trinajstić information content (AvgIpc) is 3.08. The average molecular weight is 499 g/mol. The summed E-state index contributed by atoms with van der Waals surface area (Å²) in [5, 5.41) is 11.8. The molecular weight excluding hydrogens is 469 g/mol. The molecule has 1 saturated carbocycles. The first-order chi connectivity index (χ1) is 16.0. The minimum Gasteiger partial charge on any atom is -0.368 e. The third-order valence-electron chi connectivity index (χ3n) is 6.87. The van der Waals surface area contributed by atoms with Gasteiger partial charge in [-0.05, 0) is 34.8 Å². The van der Waals surface area contributed by atoms with E-state index in [0.29, 0.717) is 0 Å². The molecule has 0 aromatic carbocycles. The number of carbonyl (C=O) groups is 4. The second kappa shape index (κ2) is 8.76. The minimum atomic E-state index is -5.18. The van der Waals surface area contributed by atoms with Crippen LogP contribution in [-0.2, 0) is 19.2 Å². The smallest absolute Gasteiger partial charge is 0.368 e. The van der Waals surface area contributed by atoms with Crippen molar-refractivity contribution in [2.24, 2.45) is 28.4 Å². The van der Waals surface area contributed by atoms with Gasteiger partial charge in [0.15, 0.2) is 6.04 Å². The van der Waals surface area contributed by atoms with Crippen molar-refractivity contribution in [1.82, 2.24) is 25.7 Å². The van der Waals surface area contributed by atoms with Gasteiger partial charge in [-0.3, -0.25) is 19.2 Å². The number of alkyl halides is 3. The van der Waals surface area contributed by atoms with Crippen molar-refractivity contribution >= 4 is 23.6 Å². The first-order valence-electron chi connectivity index (χ1n) is 11.0. The van der Waals surface area contributed by atoms with Crippen molar-refractivity contribution < 1.29 is 32.3 Å². The van der Waals surface area contributed by atoms with E-state index < -0.39 is 53.3 Å². The van der Waals surface area contributed by atoms with Crippen LogP contribution in [0.4, 0.5) is 13.2 Å². The van der Waals surface area contributed by atoms with Gasteiger partial charge in [0.05, 0.1) is 5.69 Å². The molecule has 4 amide bonds. The van der Waals surface area contributed by atoms with Crippen LogP contribution in [-0.4, -0.2) is 63.5 Å². The SMILES string of the molecule is CC(C)(C)[C@H](NC(=O)C(F)(F)F)C(=O)N1C[C@H]2[C@@H]([C@H]1C(=O)NC(C(N)=O)c1cccnn1)C2(C)C. The van der Waals surface area contributed by atoms with Gasteiger partial charge in [-0.1, -0.05) is 34.6 Å². The van der Waals surface area contributed by atoms with Gasteiger partial charge >= 0.3 is 12.1 Å². The van der Waals surface area contributed by atoms with Crippen LogP contribution in [0.3, 0.4) is 0 Å². The number of nitrogens with two attached hydrogens (primary N) is 1. The van der Waals surface area contributed by atoms with E-state index in [1.807, 2.05) is 13.8 Å². The molecule has 3 rings (SSSR count). The highest BCUT2D eigenvalue weighted by Crippen LogP contribution is 2.65. The first-order valence-corrected chi connectivity index (χ1v) is 11.0. The number of nitrogens with zero attached hydrogens (tertiary/aromatic N) is 3. The lowest BCUT2D eigenvalue weighted by atomic mass is 9.85. The molecule has 13 heteroatoms. The Morgan fingerprint density at radius 3 is 2.29 bits per heavy atom. The summed E-state index contributed by atoms with van der Waals surface area (Å²) >= 11 is 0. The zero-order valence-corrected chi connectivity index (χ0v) is 20.0. The Bertz CT molecular complexity index is 1020. The van der Waals surface area contributed by atoms with Crippen LogP contribution in [0, 0.1) is 22.7 Å². The van der Waals surface area contributed by atoms with Crippen molar-refractivity contribution in [3.63, 3.8) is 0 Å². The zero-order chi connectivity index (χ0) is 26.5. The topological polar surface area (TPSA) is 147 Å². The maximum Gasteiger partial charge on any atom is 0.471 e. The van der Waals surface area contributed by atoms with Crippen molar-refractivity contribution in [3.05, 3.63) is 24.0 Å². The van der Waals surface area contributed by atoms with E-state index in [1.54, 1.807) is 5.32 Å². The molecular formula is C22H29F3N6O4. The van der Waals surface area contributed by atoms with Crippen LogP contribution in [0.1, 0.15) is 46.4 Å². The Kier molecular flexibility index (Phi) is 6.59. The van der Waals surface area contributed by atoms with E-state index >= 15 is 0 Å². The molecule has 1 saturated heterocycles. The number of rotatable bonds is 6. The van der Waals surface area contributed by atoms with Crippen LogP contribution in [0.25, 0.3) is 0 Å². The van der Waals surface area contributed by atoms with E-state index in [-0.39, 0.29) is 29.5 Å². The number of hydrogen-bond donors (Lipinski definition) is 3. The molecule has 2 fully saturated rings. The maximum atomic E-state index is 13.5. The summed E-state index contributed by atoms with van der Waals surface area (Å²) in [7, 11) is 0. The Morgan fingerprint density at radius 1 is 1.17 bits per heavy atom. The molecule has 0 radical (unpaired) electrons. The second-order valence-corrected chi connectivity index (χ2v) is 10.7. The maximum absolute atomic E-state index is 13.5. The predicted molar refractivity (Wildman–Crippen MR) is 116 cm³/mol. The monoisotopic (exact) mass is 498 g/mol. The van der Waals surface area contributed by atoms with Gasteiger partial charge in [0.2, 0.25) is 17.7 Å². The van der Waals surface area contributed by atoms with Gasteiger partial charge in [0.1, 0.15) is 12.1 Å². The molecule has 4 N–H and O–H groups in total. The van der Waals surface area contributed by atoms with E-state index in [9.17, 15) is 32.3 Å². The molecule has 1 aromatic heterocycles. The molecule has 2 heterocycles. The van der Waals surface area contributed by atoms with E-state index in [1.165, 1.54) is 44.0 Å². The lowest BCUT2D eigenvalue weighted by molar-refractivity contribution is -0.176. The molecule has 1 unspecified atom stereocenters. The number of piperidine rings is 1. The predicted octanol–water partition coefficient (Wildman–Crippen LogP) is 0.695. The lowest BCUT2D eigenvalue weighted by Crippen LogP contribution is -2.61. The van der Waals surface area contributed by atoms with Crippen LogP contribution >= 0.6 is 0 Å². The summed E-state index contributed by atoms with van der Waals surface area (Å²) in [5.74, 6) is -5.02. The fraction of sp³-hybridized carbons (Fsp3) is 0.636. The number of primary amides is 1. The Hall–Kier alpha value is -3.25. The number of carbonyl (C=O) groups excluding carboxylic acids is 4. The molecule has 0 spiro atoms. The Labute approximate surface area is 200 Å². The van der Waals surface area contributed by atoms with E-state index in [2.05, 4.69) is 15.5 Å². The quantitative estimate of drug-likeness (QED) is 0.526. The van der Waals surface area contributed by atoms with Gasteiger partial charge in [0.25, 0.3) is 0 Å². The first kappa shape index (κ1) is 26.4. The summed E-state index contributed by atoms with van der Waals surface area (Å²) in [6, 6.07) is -0.981. The summed E-state index contributed by atoms with van der Waals surface area (Å²) in [4.78, 5) is 51.8. The fourth-order valence-corrected chi connectivity index (χ4v) is 4.83. The molecule has 192 valence electrons. The fourth-order valence-electron chi connectivity index (χ4n) is 4.83. The number of likely N-dealkylation sites (tertiary alicyclic amines) is 1. The number of amides is 4. The third kappa shape index (κ3) is 5.08. The van der Waals surface area contributed by atoms with Gasteiger partial charge in [-0.2, -0.15) is 23.4 Å². The Balaban J connectivity index is 1.90. The van der Waals surface area contributed by atoms with Gasteiger partial charge in [-0.25, -0.2) is 0 Å². The van der Waals surface area contributed by atoms with Crippen LogP contribution in [0.15, 0.2) is 18.3 Å². The number of halogens is 3. The molecule has 1 aromatic rings. The van der Waals surface area contributed by atoms with E-state index in [4.69, 9.17) is 5.73 Å². The molecule has 0 bridgehead atoms. The molecule has 5 atom stereocenters. The normalized spacial score (nSPS) is 24.7. The molecule has 1 aliphatic carbocycles. The number of nitrogens with one attached hydrogen (secondary N) is 2. The summed E-state index contributed by atoms with van der Waals surface area (Å²) in [6.07, 6.45) is -3.80. The van der Waals surface area contributed by atoms with Gasteiger partial charge < -0.3 is 21.3 Å². The van der Waals surface area contributed by atoms with Crippen LogP contribution < -0.4 is 16.4 Å². The number of hydrogen-bond acceptors (Lipinski definition) is 6. The van der Waals surface area contributed by atoms with Gasteiger partial charge in [0, 0.05) is 12.7 Å². The highest BCUT2D eigenvalue weighted by Gasteiger charge is 2.70. The molecule has 1 aliphatic heterocycles. The zero-order valence-electron chi connectivity index (χ0n) is 20.0. The second-order valence-electron chi connectivity index (χ2n) is 10.7. The van der Waals surface area contributed by atoms with Crippen LogP contribution in [0.5, 0.6) is 0 Å². The van der Waals surface area contributed by atoms with Crippen molar-refractivity contribution in [1.29, 1.82) is 0 Å². The summed E-state index contributed by atoms with van der Waals surface area (Å²) in [6.45, 7) is 8.50. The highest BCUT2D eigenvalue weighted by molar-refractivity contribution is 5.96. The Morgan fingerprint density at radius 2 is 1.80 bits per heavy atom. The number of fused-ring (bicyclic) bond motifs is 1. The summed E-state index contributed by atoms with van der Waals surface area (Å²) in [5.41, 5.74) is 4.16. The summed E-state index contributed by atoms with van der Waals surface area (Å²) < 4.78 is 38.8. The van der Waals surface area contributed by atoms with Crippen molar-refractivity contribution in [3.8, 4) is 0 Å². The number of aromatic nitrogens is 2. The minimum absolute atomic E-state index is 0.0790. The molecule has 10 nitrogen and oxygen atoms in total. The third-order valence-corrected chi connectivity index (χ3v) is 6.87. The molecule has 2 aliphatic rings. The van der Waals surface area contributed by atoms with Crippen molar-refractivity contribution in [2.75, 3.05) is 6.54 Å². The van der Waals surface area contributed by atoms with Crippen molar-refractivity contribution in [2.45, 2.75) is 58.9 Å². The van der Waals surface area contributed by atoms with Crippen LogP contribution in [0.2, 0.25) is 0 Å². The molecule has 35 heavy (non-hydrogen) atoms. The highest BCUT2D eigenvalue weighted by atomic mass is 19.4. The van der Waals surface area contributed by atoms with Gasteiger partial charge in [-0.15, -0.1) is 0 Å². The largest absolute Gasteiger partial charge is 0.471 e. The standard InChI is InChI=1S/C22H29F3N6O4/c1-20(2,3)15(29-19(35)22(23,24)25)18(34)31-9-10-12(21(10,4)5)14(31)17(33)28-13(16(26)32)11-7-6-8-27-30-11/h6-8,10,12-15H,9H2,1-5H3,(H2,26,32)(H,28,33)(H,29,35)/t10-,12-,13?,14-,15+/m0/s1. The van der Waals surface area contributed by atoms with E-state index in [0.717, 1.165) is 0 Å². The lowest BCUT2D eigenvalue weighted by Gasteiger charge is -2.37.